The summed E-state index contributed by atoms with van der Waals surface area (Å²) >= 11 is 0. The van der Waals surface area contributed by atoms with Gasteiger partial charge in [0, 0.05) is 18.7 Å². The van der Waals surface area contributed by atoms with E-state index in [9.17, 15) is 9.18 Å². The molecule has 0 bridgehead atoms. The molecular weight excluding hydrogens is 236 g/mol. The van der Waals surface area contributed by atoms with Crippen LogP contribution in [0.25, 0.3) is 0 Å². The summed E-state index contributed by atoms with van der Waals surface area (Å²) in [5.74, 6) is -0.821. The normalized spacial score (nSPS) is 21.3. The minimum atomic E-state index is -0.844. The van der Waals surface area contributed by atoms with Crippen LogP contribution in [0, 0.1) is 5.82 Å². The lowest BCUT2D eigenvalue weighted by Gasteiger charge is -2.32. The smallest absolute Gasteiger partial charge is 0.399 e. The van der Waals surface area contributed by atoms with E-state index >= 15 is 0 Å². The Morgan fingerprint density at radius 3 is 2.22 bits per heavy atom. The summed E-state index contributed by atoms with van der Waals surface area (Å²) in [5.41, 5.74) is -1.63. The van der Waals surface area contributed by atoms with E-state index in [4.69, 9.17) is 9.31 Å². The number of hydrogen-bond acceptors (Lipinski definition) is 3. The van der Waals surface area contributed by atoms with Crippen LogP contribution < -0.4 is 11.0 Å². The van der Waals surface area contributed by atoms with Gasteiger partial charge < -0.3 is 13.9 Å². The Morgan fingerprint density at radius 2 is 1.72 bits per heavy atom. The van der Waals surface area contributed by atoms with E-state index in [0.717, 1.165) is 0 Å². The minimum absolute atomic E-state index is 0.150. The highest BCUT2D eigenvalue weighted by Gasteiger charge is 2.52. The fraction of sp³-hybridized carbons (Fsp3) is 0.583. The zero-order valence-electron chi connectivity index (χ0n) is 11.3. The zero-order valence-corrected chi connectivity index (χ0v) is 11.3. The molecular formula is C12H17BFNO3. The third kappa shape index (κ3) is 1.89. The van der Waals surface area contributed by atoms with Gasteiger partial charge in [0.2, 0.25) is 0 Å². The minimum Gasteiger partial charge on any atom is -0.399 e. The van der Waals surface area contributed by atoms with Gasteiger partial charge in [-0.05, 0) is 33.8 Å². The summed E-state index contributed by atoms with van der Waals surface area (Å²) in [6.45, 7) is 7.52. The Morgan fingerprint density at radius 1 is 1.22 bits per heavy atom. The van der Waals surface area contributed by atoms with Gasteiger partial charge in [-0.25, -0.2) is 4.39 Å². The number of aryl methyl sites for hydroxylation is 1. The molecule has 4 nitrogen and oxygen atoms in total. The Kier molecular flexibility index (Phi) is 2.90. The van der Waals surface area contributed by atoms with E-state index < -0.39 is 29.7 Å². The molecule has 2 heterocycles. The SMILES string of the molecule is Cn1ccc(B2OC(C)(C)C(C)(C)O2)c(F)c1=O. The van der Waals surface area contributed by atoms with E-state index in [1.807, 2.05) is 27.7 Å². The first kappa shape index (κ1) is 13.3. The van der Waals surface area contributed by atoms with Gasteiger partial charge in [0.25, 0.3) is 5.56 Å². The van der Waals surface area contributed by atoms with Crippen LogP contribution in [-0.4, -0.2) is 22.9 Å². The van der Waals surface area contributed by atoms with E-state index in [1.54, 1.807) is 0 Å². The fourth-order valence-corrected chi connectivity index (χ4v) is 1.76. The standard InChI is InChI=1S/C12H17BFNO3/c1-11(2)12(3,4)18-13(17-11)8-6-7-15(5)10(16)9(8)14/h6-7H,1-5H3. The van der Waals surface area contributed by atoms with Crippen LogP contribution in [0.4, 0.5) is 4.39 Å². The Bertz CT molecular complexity index is 523. The molecule has 98 valence electrons. The van der Waals surface area contributed by atoms with Crippen LogP contribution in [0.1, 0.15) is 27.7 Å². The lowest BCUT2D eigenvalue weighted by Crippen LogP contribution is -2.41. The topological polar surface area (TPSA) is 40.5 Å². The van der Waals surface area contributed by atoms with Crippen molar-refractivity contribution in [1.82, 2.24) is 4.57 Å². The summed E-state index contributed by atoms with van der Waals surface area (Å²) in [4.78, 5) is 11.5. The second-order valence-corrected chi connectivity index (χ2v) is 5.59. The zero-order chi connectivity index (χ0) is 13.7. The van der Waals surface area contributed by atoms with Crippen molar-refractivity contribution in [2.24, 2.45) is 7.05 Å². The highest BCUT2D eigenvalue weighted by molar-refractivity contribution is 6.62. The molecule has 0 amide bonds. The molecule has 0 aromatic carbocycles. The first-order chi connectivity index (χ1) is 8.16. The number of halogens is 1. The molecule has 0 unspecified atom stereocenters. The molecule has 0 N–H and O–H groups in total. The lowest BCUT2D eigenvalue weighted by atomic mass is 9.79. The molecule has 0 aliphatic carbocycles. The second-order valence-electron chi connectivity index (χ2n) is 5.59. The quantitative estimate of drug-likeness (QED) is 0.696. The Labute approximate surface area is 106 Å². The van der Waals surface area contributed by atoms with Gasteiger partial charge >= 0.3 is 7.12 Å². The average Bonchev–Trinajstić information content (AvgIpc) is 2.45. The summed E-state index contributed by atoms with van der Waals surface area (Å²) in [6.07, 6.45) is 1.51. The molecule has 1 saturated heterocycles. The summed E-state index contributed by atoms with van der Waals surface area (Å²) in [6, 6.07) is 1.51. The molecule has 0 radical (unpaired) electrons. The van der Waals surface area contributed by atoms with Gasteiger partial charge in [-0.3, -0.25) is 4.79 Å². The van der Waals surface area contributed by atoms with Crippen LogP contribution >= 0.6 is 0 Å². The largest absolute Gasteiger partial charge is 0.498 e. The van der Waals surface area contributed by atoms with E-state index in [0.29, 0.717) is 0 Å². The first-order valence-electron chi connectivity index (χ1n) is 5.86. The summed E-state index contributed by atoms with van der Waals surface area (Å²) in [7, 11) is 0.656. The monoisotopic (exact) mass is 253 g/mol. The van der Waals surface area contributed by atoms with Crippen molar-refractivity contribution in [2.75, 3.05) is 0 Å². The maximum absolute atomic E-state index is 13.9. The number of aromatic nitrogens is 1. The van der Waals surface area contributed by atoms with Crippen molar-refractivity contribution in [3.05, 3.63) is 28.4 Å². The van der Waals surface area contributed by atoms with Gasteiger partial charge in [-0.2, -0.15) is 0 Å². The predicted molar refractivity (Wildman–Crippen MR) is 67.4 cm³/mol. The molecule has 18 heavy (non-hydrogen) atoms. The van der Waals surface area contributed by atoms with Gasteiger partial charge in [-0.1, -0.05) is 0 Å². The van der Waals surface area contributed by atoms with Gasteiger partial charge in [0.1, 0.15) is 0 Å². The van der Waals surface area contributed by atoms with Gasteiger partial charge in [0.15, 0.2) is 5.82 Å². The molecule has 6 heteroatoms. The number of rotatable bonds is 1. The molecule has 0 spiro atoms. The summed E-state index contributed by atoms with van der Waals surface area (Å²) in [5, 5.41) is 0. The van der Waals surface area contributed by atoms with Crippen molar-refractivity contribution in [3.63, 3.8) is 0 Å². The highest BCUT2D eigenvalue weighted by atomic mass is 19.1. The first-order valence-corrected chi connectivity index (χ1v) is 5.86. The van der Waals surface area contributed by atoms with Gasteiger partial charge in [0.05, 0.1) is 11.2 Å². The molecule has 1 aromatic rings. The van der Waals surface area contributed by atoms with Crippen LogP contribution in [-0.2, 0) is 16.4 Å². The van der Waals surface area contributed by atoms with Crippen molar-refractivity contribution in [1.29, 1.82) is 0 Å². The molecule has 1 fully saturated rings. The molecule has 0 saturated carbocycles. The van der Waals surface area contributed by atoms with Crippen molar-refractivity contribution in [3.8, 4) is 0 Å². The van der Waals surface area contributed by atoms with Crippen LogP contribution in [0.5, 0.6) is 0 Å². The molecule has 1 aliphatic rings. The maximum atomic E-state index is 13.9. The van der Waals surface area contributed by atoms with E-state index in [1.165, 1.54) is 23.9 Å². The molecule has 0 atom stereocenters. The number of nitrogens with zero attached hydrogens (tertiary/aromatic N) is 1. The highest BCUT2D eigenvalue weighted by Crippen LogP contribution is 2.36. The maximum Gasteiger partial charge on any atom is 0.498 e. The third-order valence-corrected chi connectivity index (χ3v) is 3.75. The second kappa shape index (κ2) is 3.93. The third-order valence-electron chi connectivity index (χ3n) is 3.75. The average molecular weight is 253 g/mol. The predicted octanol–water partition coefficient (Wildman–Crippen LogP) is 0.824. The van der Waals surface area contributed by atoms with Crippen LogP contribution in [0.2, 0.25) is 0 Å². The van der Waals surface area contributed by atoms with Crippen molar-refractivity contribution >= 4 is 12.6 Å². The molecule has 1 aliphatic heterocycles. The molecule has 1 aromatic heterocycles. The van der Waals surface area contributed by atoms with Crippen molar-refractivity contribution < 1.29 is 13.7 Å². The fourth-order valence-electron chi connectivity index (χ4n) is 1.76. The van der Waals surface area contributed by atoms with E-state index in [-0.39, 0.29) is 5.46 Å². The summed E-state index contributed by atoms with van der Waals surface area (Å²) < 4.78 is 26.5. The van der Waals surface area contributed by atoms with Crippen molar-refractivity contribution in [2.45, 2.75) is 38.9 Å². The molecule has 2 rings (SSSR count). The lowest BCUT2D eigenvalue weighted by molar-refractivity contribution is 0.00578. The number of hydrogen-bond donors (Lipinski definition) is 0. The van der Waals surface area contributed by atoms with Gasteiger partial charge in [-0.15, -0.1) is 0 Å². The Hall–Kier alpha value is -1.14. The van der Waals surface area contributed by atoms with E-state index in [2.05, 4.69) is 0 Å². The number of pyridine rings is 1. The van der Waals surface area contributed by atoms with Crippen LogP contribution in [0.3, 0.4) is 0 Å². The van der Waals surface area contributed by atoms with Crippen LogP contribution in [0.15, 0.2) is 17.1 Å². The Balaban J connectivity index is 2.42.